The van der Waals surface area contributed by atoms with Crippen LogP contribution in [0.1, 0.15) is 18.5 Å². The van der Waals surface area contributed by atoms with Gasteiger partial charge in [0.05, 0.1) is 7.11 Å². The van der Waals surface area contributed by atoms with E-state index in [2.05, 4.69) is 10.3 Å². The first kappa shape index (κ1) is 13.5. The lowest BCUT2D eigenvalue weighted by molar-refractivity contribution is 0.415. The first-order valence-corrected chi connectivity index (χ1v) is 6.12. The summed E-state index contributed by atoms with van der Waals surface area (Å²) in [6, 6.07) is 6.65. The zero-order valence-electron chi connectivity index (χ0n) is 11.3. The number of halogens is 1. The highest BCUT2D eigenvalue weighted by atomic mass is 19.1. The van der Waals surface area contributed by atoms with Gasteiger partial charge in [-0.2, -0.15) is 0 Å². The molecule has 0 spiro atoms. The highest BCUT2D eigenvalue weighted by Gasteiger charge is 2.10. The smallest absolute Gasteiger partial charge is 0.126 e. The van der Waals surface area contributed by atoms with Gasteiger partial charge in [-0.3, -0.25) is 4.98 Å². The van der Waals surface area contributed by atoms with Crippen molar-refractivity contribution in [3.8, 4) is 16.9 Å². The summed E-state index contributed by atoms with van der Waals surface area (Å²) in [6.07, 6.45) is 3.51. The summed E-state index contributed by atoms with van der Waals surface area (Å²) in [5.74, 6) is 0.348. The van der Waals surface area contributed by atoms with Gasteiger partial charge in [0, 0.05) is 29.6 Å². The maximum atomic E-state index is 13.4. The van der Waals surface area contributed by atoms with Crippen LogP contribution in [0, 0.1) is 5.82 Å². The van der Waals surface area contributed by atoms with Crippen molar-refractivity contribution in [3.05, 3.63) is 48.0 Å². The fourth-order valence-corrected chi connectivity index (χ4v) is 1.91. The maximum Gasteiger partial charge on any atom is 0.126 e. The molecule has 2 aromatic rings. The van der Waals surface area contributed by atoms with E-state index in [1.165, 1.54) is 12.1 Å². The fourth-order valence-electron chi connectivity index (χ4n) is 1.91. The minimum atomic E-state index is -0.289. The Hall–Kier alpha value is -1.94. The van der Waals surface area contributed by atoms with Crippen LogP contribution in [0.4, 0.5) is 4.39 Å². The van der Waals surface area contributed by atoms with Gasteiger partial charge in [-0.15, -0.1) is 0 Å². The standard InChI is InChI=1S/C15H17FN2O/c1-10(17-2)11-6-12(9-18-8-11)14-7-13(16)4-5-15(14)19-3/h4-10,17H,1-3H3. The van der Waals surface area contributed by atoms with Crippen LogP contribution in [0.5, 0.6) is 5.75 Å². The quantitative estimate of drug-likeness (QED) is 0.916. The van der Waals surface area contributed by atoms with Gasteiger partial charge in [0.25, 0.3) is 0 Å². The summed E-state index contributed by atoms with van der Waals surface area (Å²) in [5, 5.41) is 3.15. The Morgan fingerprint density at radius 2 is 2.05 bits per heavy atom. The number of hydrogen-bond donors (Lipinski definition) is 1. The molecule has 100 valence electrons. The molecule has 0 fully saturated rings. The van der Waals surface area contributed by atoms with Gasteiger partial charge < -0.3 is 10.1 Å². The van der Waals surface area contributed by atoms with Crippen LogP contribution in [0.3, 0.4) is 0 Å². The lowest BCUT2D eigenvalue weighted by Crippen LogP contribution is -2.12. The van der Waals surface area contributed by atoms with E-state index in [-0.39, 0.29) is 11.9 Å². The summed E-state index contributed by atoms with van der Waals surface area (Å²) >= 11 is 0. The second-order valence-corrected chi connectivity index (χ2v) is 4.36. The zero-order valence-corrected chi connectivity index (χ0v) is 11.3. The number of pyridine rings is 1. The number of nitrogens with zero attached hydrogens (tertiary/aromatic N) is 1. The van der Waals surface area contributed by atoms with Crippen molar-refractivity contribution in [3.63, 3.8) is 0 Å². The molecule has 0 amide bonds. The largest absolute Gasteiger partial charge is 0.496 e. The molecule has 19 heavy (non-hydrogen) atoms. The van der Waals surface area contributed by atoms with Gasteiger partial charge in [0.2, 0.25) is 0 Å². The van der Waals surface area contributed by atoms with Crippen molar-refractivity contribution in [1.29, 1.82) is 0 Å². The van der Waals surface area contributed by atoms with Crippen LogP contribution in [0.25, 0.3) is 11.1 Å². The normalized spacial score (nSPS) is 12.2. The number of aromatic nitrogens is 1. The second kappa shape index (κ2) is 5.80. The van der Waals surface area contributed by atoms with E-state index in [0.717, 1.165) is 11.1 Å². The third-order valence-corrected chi connectivity index (χ3v) is 3.16. The molecule has 1 unspecified atom stereocenters. The van der Waals surface area contributed by atoms with Gasteiger partial charge in [0.1, 0.15) is 11.6 Å². The third kappa shape index (κ3) is 2.90. The Labute approximate surface area is 112 Å². The van der Waals surface area contributed by atoms with E-state index in [4.69, 9.17) is 4.74 Å². The van der Waals surface area contributed by atoms with E-state index in [1.807, 2.05) is 20.0 Å². The van der Waals surface area contributed by atoms with Crippen LogP contribution in [0.2, 0.25) is 0 Å². The van der Waals surface area contributed by atoms with Crippen LogP contribution >= 0.6 is 0 Å². The molecule has 0 aliphatic heterocycles. The molecule has 1 N–H and O–H groups in total. The summed E-state index contributed by atoms with van der Waals surface area (Å²) in [5.41, 5.74) is 2.60. The number of hydrogen-bond acceptors (Lipinski definition) is 3. The summed E-state index contributed by atoms with van der Waals surface area (Å²) < 4.78 is 18.7. The molecular formula is C15H17FN2O. The SMILES string of the molecule is CNC(C)c1cncc(-c2cc(F)ccc2OC)c1. The van der Waals surface area contributed by atoms with Gasteiger partial charge in [-0.05, 0) is 43.8 Å². The van der Waals surface area contributed by atoms with Crippen molar-refractivity contribution in [2.45, 2.75) is 13.0 Å². The number of nitrogens with one attached hydrogen (secondary N) is 1. The molecule has 4 heteroatoms. The highest BCUT2D eigenvalue weighted by Crippen LogP contribution is 2.31. The maximum absolute atomic E-state index is 13.4. The Morgan fingerprint density at radius 1 is 1.26 bits per heavy atom. The minimum absolute atomic E-state index is 0.187. The Morgan fingerprint density at radius 3 is 2.74 bits per heavy atom. The van der Waals surface area contributed by atoms with Crippen LogP contribution in [-0.2, 0) is 0 Å². The first-order valence-electron chi connectivity index (χ1n) is 6.12. The molecule has 1 aromatic heterocycles. The zero-order chi connectivity index (χ0) is 13.8. The lowest BCUT2D eigenvalue weighted by atomic mass is 10.0. The molecular weight excluding hydrogens is 243 g/mol. The highest BCUT2D eigenvalue weighted by molar-refractivity contribution is 5.70. The van der Waals surface area contributed by atoms with Gasteiger partial charge in [-0.1, -0.05) is 0 Å². The fraction of sp³-hybridized carbons (Fsp3) is 0.267. The van der Waals surface area contributed by atoms with E-state index in [0.29, 0.717) is 11.3 Å². The van der Waals surface area contributed by atoms with Crippen molar-refractivity contribution in [2.24, 2.45) is 0 Å². The van der Waals surface area contributed by atoms with E-state index in [1.54, 1.807) is 25.6 Å². The summed E-state index contributed by atoms with van der Waals surface area (Å²) in [6.45, 7) is 2.05. The molecule has 0 aliphatic rings. The Kier molecular flexibility index (Phi) is 4.12. The van der Waals surface area contributed by atoms with Crippen molar-refractivity contribution >= 4 is 0 Å². The van der Waals surface area contributed by atoms with Gasteiger partial charge >= 0.3 is 0 Å². The van der Waals surface area contributed by atoms with Crippen molar-refractivity contribution in [1.82, 2.24) is 10.3 Å². The molecule has 2 rings (SSSR count). The van der Waals surface area contributed by atoms with E-state index in [9.17, 15) is 4.39 Å². The minimum Gasteiger partial charge on any atom is -0.496 e. The Balaban J connectivity index is 2.49. The van der Waals surface area contributed by atoms with E-state index >= 15 is 0 Å². The van der Waals surface area contributed by atoms with Gasteiger partial charge in [-0.25, -0.2) is 4.39 Å². The first-order chi connectivity index (χ1) is 9.15. The monoisotopic (exact) mass is 260 g/mol. The summed E-state index contributed by atoms with van der Waals surface area (Å²) in [7, 11) is 3.46. The molecule has 0 bridgehead atoms. The molecule has 1 heterocycles. The number of rotatable bonds is 4. The van der Waals surface area contributed by atoms with Gasteiger partial charge in [0.15, 0.2) is 0 Å². The molecule has 3 nitrogen and oxygen atoms in total. The molecule has 1 atom stereocenters. The van der Waals surface area contributed by atoms with Crippen molar-refractivity contribution in [2.75, 3.05) is 14.2 Å². The average Bonchev–Trinajstić information content (AvgIpc) is 2.46. The number of ether oxygens (including phenoxy) is 1. The van der Waals surface area contributed by atoms with Crippen molar-refractivity contribution < 1.29 is 9.13 Å². The lowest BCUT2D eigenvalue weighted by Gasteiger charge is -2.13. The molecule has 0 aliphatic carbocycles. The molecule has 1 aromatic carbocycles. The predicted octanol–water partition coefficient (Wildman–Crippen LogP) is 3.18. The molecule has 0 saturated carbocycles. The molecule has 0 saturated heterocycles. The number of benzene rings is 1. The Bertz CT molecular complexity index is 572. The van der Waals surface area contributed by atoms with Crippen LogP contribution < -0.4 is 10.1 Å². The number of methoxy groups -OCH3 is 1. The third-order valence-electron chi connectivity index (χ3n) is 3.16. The molecule has 0 radical (unpaired) electrons. The van der Waals surface area contributed by atoms with Crippen LogP contribution in [0.15, 0.2) is 36.7 Å². The topological polar surface area (TPSA) is 34.2 Å². The van der Waals surface area contributed by atoms with Crippen LogP contribution in [-0.4, -0.2) is 19.1 Å². The predicted molar refractivity (Wildman–Crippen MR) is 73.7 cm³/mol. The second-order valence-electron chi connectivity index (χ2n) is 4.36. The average molecular weight is 260 g/mol. The van der Waals surface area contributed by atoms with E-state index < -0.39 is 0 Å². The summed E-state index contributed by atoms with van der Waals surface area (Å²) in [4.78, 5) is 4.22.